The minimum Gasteiger partial charge on any atom is -0.397 e. The molecule has 88 valence electrons. The Hall–Kier alpha value is -1.78. The van der Waals surface area contributed by atoms with E-state index in [0.717, 1.165) is 6.42 Å². The van der Waals surface area contributed by atoms with Crippen molar-refractivity contribution in [2.45, 2.75) is 26.3 Å². The highest BCUT2D eigenvalue weighted by Gasteiger charge is 2.11. The minimum absolute atomic E-state index is 0.0273. The Morgan fingerprint density at radius 2 is 2.31 bits per heavy atom. The molecule has 0 aliphatic carbocycles. The third-order valence-corrected chi connectivity index (χ3v) is 2.09. The number of pyridine rings is 1. The lowest BCUT2D eigenvalue weighted by Crippen LogP contribution is -2.38. The first-order valence-electron chi connectivity index (χ1n) is 5.39. The maximum Gasteiger partial charge on any atom is 0.242 e. The normalized spacial score (nSPS) is 11.9. The first-order valence-corrected chi connectivity index (χ1v) is 5.39. The van der Waals surface area contributed by atoms with Crippen molar-refractivity contribution in [2.24, 2.45) is 0 Å². The molecule has 1 atom stereocenters. The van der Waals surface area contributed by atoms with Gasteiger partial charge >= 0.3 is 0 Å². The summed E-state index contributed by atoms with van der Waals surface area (Å²) in [7, 11) is 0. The average molecular weight is 222 g/mol. The molecular weight excluding hydrogens is 204 g/mol. The molecule has 0 spiro atoms. The molecule has 0 saturated heterocycles. The summed E-state index contributed by atoms with van der Waals surface area (Å²) < 4.78 is 0. The van der Waals surface area contributed by atoms with Crippen molar-refractivity contribution in [3.8, 4) is 0 Å². The van der Waals surface area contributed by atoms with Gasteiger partial charge in [0.25, 0.3) is 0 Å². The number of hydrogen-bond donors (Lipinski definition) is 3. The number of hydrogen-bond acceptors (Lipinski definition) is 4. The van der Waals surface area contributed by atoms with E-state index in [0.29, 0.717) is 18.1 Å². The van der Waals surface area contributed by atoms with Gasteiger partial charge in [-0.05, 0) is 25.5 Å². The third-order valence-electron chi connectivity index (χ3n) is 2.09. The molecule has 0 radical (unpaired) electrons. The standard InChI is InChI=1S/C11H18N4O/c1-3-6-13-11(16)8(2)15-10-5-4-9(12)7-14-10/h4-5,7-8H,3,6,12H2,1-2H3,(H,13,16)(H,14,15). The summed E-state index contributed by atoms with van der Waals surface area (Å²) >= 11 is 0. The molecule has 1 amide bonds. The Balaban J connectivity index is 2.47. The monoisotopic (exact) mass is 222 g/mol. The zero-order chi connectivity index (χ0) is 12.0. The van der Waals surface area contributed by atoms with Gasteiger partial charge in [0.2, 0.25) is 5.91 Å². The van der Waals surface area contributed by atoms with Crippen LogP contribution in [0.3, 0.4) is 0 Å². The summed E-state index contributed by atoms with van der Waals surface area (Å²) in [5, 5.41) is 5.81. The summed E-state index contributed by atoms with van der Waals surface area (Å²) in [5.74, 6) is 0.619. The summed E-state index contributed by atoms with van der Waals surface area (Å²) in [6.45, 7) is 4.50. The Kier molecular flexibility index (Phi) is 4.57. The molecule has 0 saturated carbocycles. The lowest BCUT2D eigenvalue weighted by molar-refractivity contribution is -0.121. The van der Waals surface area contributed by atoms with Crippen molar-refractivity contribution in [3.63, 3.8) is 0 Å². The van der Waals surface area contributed by atoms with Crippen LogP contribution in [-0.2, 0) is 4.79 Å². The second-order valence-corrected chi connectivity index (χ2v) is 3.63. The number of nitrogen functional groups attached to an aromatic ring is 1. The largest absolute Gasteiger partial charge is 0.397 e. The third kappa shape index (κ3) is 3.76. The van der Waals surface area contributed by atoms with Crippen molar-refractivity contribution in [3.05, 3.63) is 18.3 Å². The maximum absolute atomic E-state index is 11.5. The van der Waals surface area contributed by atoms with E-state index in [1.807, 2.05) is 6.92 Å². The number of aromatic nitrogens is 1. The first kappa shape index (κ1) is 12.3. The number of nitrogens with two attached hydrogens (primary N) is 1. The van der Waals surface area contributed by atoms with E-state index in [1.54, 1.807) is 25.3 Å². The quantitative estimate of drug-likeness (QED) is 0.694. The molecule has 5 heteroatoms. The summed E-state index contributed by atoms with van der Waals surface area (Å²) in [4.78, 5) is 15.6. The molecule has 0 bridgehead atoms. The Morgan fingerprint density at radius 3 is 2.88 bits per heavy atom. The summed E-state index contributed by atoms with van der Waals surface area (Å²) in [6.07, 6.45) is 2.48. The van der Waals surface area contributed by atoms with E-state index in [1.165, 1.54) is 0 Å². The van der Waals surface area contributed by atoms with Gasteiger partial charge in [-0.3, -0.25) is 4.79 Å². The van der Waals surface area contributed by atoms with Gasteiger partial charge in [-0.1, -0.05) is 6.92 Å². The Morgan fingerprint density at radius 1 is 1.56 bits per heavy atom. The van der Waals surface area contributed by atoms with Crippen LogP contribution in [-0.4, -0.2) is 23.5 Å². The molecule has 0 fully saturated rings. The number of nitrogens with one attached hydrogen (secondary N) is 2. The van der Waals surface area contributed by atoms with Gasteiger partial charge in [-0.2, -0.15) is 0 Å². The minimum atomic E-state index is -0.303. The maximum atomic E-state index is 11.5. The zero-order valence-corrected chi connectivity index (χ0v) is 9.66. The topological polar surface area (TPSA) is 80.0 Å². The van der Waals surface area contributed by atoms with Crippen LogP contribution in [0.25, 0.3) is 0 Å². The molecule has 1 rings (SSSR count). The molecule has 1 aromatic rings. The zero-order valence-electron chi connectivity index (χ0n) is 9.66. The SMILES string of the molecule is CCCNC(=O)C(C)Nc1ccc(N)cn1. The first-order chi connectivity index (χ1) is 7.63. The van der Waals surface area contributed by atoms with Gasteiger partial charge in [-0.15, -0.1) is 0 Å². The van der Waals surface area contributed by atoms with Gasteiger partial charge in [-0.25, -0.2) is 4.98 Å². The van der Waals surface area contributed by atoms with E-state index in [4.69, 9.17) is 5.73 Å². The van der Waals surface area contributed by atoms with Crippen LogP contribution in [0.1, 0.15) is 20.3 Å². The molecule has 1 unspecified atom stereocenters. The van der Waals surface area contributed by atoms with Crippen LogP contribution in [0.5, 0.6) is 0 Å². The second-order valence-electron chi connectivity index (χ2n) is 3.63. The van der Waals surface area contributed by atoms with E-state index >= 15 is 0 Å². The molecule has 4 N–H and O–H groups in total. The average Bonchev–Trinajstić information content (AvgIpc) is 2.29. The molecule has 5 nitrogen and oxygen atoms in total. The van der Waals surface area contributed by atoms with Crippen molar-refractivity contribution >= 4 is 17.4 Å². The number of anilines is 2. The van der Waals surface area contributed by atoms with Gasteiger partial charge in [0, 0.05) is 6.54 Å². The molecule has 1 aromatic heterocycles. The van der Waals surface area contributed by atoms with Gasteiger partial charge in [0.05, 0.1) is 11.9 Å². The van der Waals surface area contributed by atoms with Crippen molar-refractivity contribution in [1.82, 2.24) is 10.3 Å². The fourth-order valence-electron chi connectivity index (χ4n) is 1.18. The van der Waals surface area contributed by atoms with Gasteiger partial charge < -0.3 is 16.4 Å². The highest BCUT2D eigenvalue weighted by molar-refractivity contribution is 5.83. The van der Waals surface area contributed by atoms with Crippen LogP contribution in [0.2, 0.25) is 0 Å². The fourth-order valence-corrected chi connectivity index (χ4v) is 1.18. The number of nitrogens with zero attached hydrogens (tertiary/aromatic N) is 1. The fraction of sp³-hybridized carbons (Fsp3) is 0.455. The summed E-state index contributed by atoms with van der Waals surface area (Å²) in [5.41, 5.74) is 6.12. The molecule has 0 aliphatic heterocycles. The number of rotatable bonds is 5. The van der Waals surface area contributed by atoms with E-state index in [2.05, 4.69) is 15.6 Å². The van der Waals surface area contributed by atoms with Crippen LogP contribution in [0, 0.1) is 0 Å². The molecule has 16 heavy (non-hydrogen) atoms. The van der Waals surface area contributed by atoms with Crippen molar-refractivity contribution in [1.29, 1.82) is 0 Å². The molecular formula is C11H18N4O. The highest BCUT2D eigenvalue weighted by atomic mass is 16.2. The molecule has 1 heterocycles. The van der Waals surface area contributed by atoms with Crippen LogP contribution in [0.4, 0.5) is 11.5 Å². The predicted molar refractivity (Wildman–Crippen MR) is 65.0 cm³/mol. The van der Waals surface area contributed by atoms with Crippen molar-refractivity contribution < 1.29 is 4.79 Å². The number of carbonyl (C=O) groups is 1. The van der Waals surface area contributed by atoms with E-state index in [-0.39, 0.29) is 11.9 Å². The summed E-state index contributed by atoms with van der Waals surface area (Å²) in [6, 6.07) is 3.19. The number of carbonyl (C=O) groups excluding carboxylic acids is 1. The second kappa shape index (κ2) is 5.95. The Labute approximate surface area is 95.4 Å². The molecule has 0 aliphatic rings. The smallest absolute Gasteiger partial charge is 0.242 e. The van der Waals surface area contributed by atoms with E-state index in [9.17, 15) is 4.79 Å². The highest BCUT2D eigenvalue weighted by Crippen LogP contribution is 2.07. The van der Waals surface area contributed by atoms with Crippen LogP contribution in [0.15, 0.2) is 18.3 Å². The van der Waals surface area contributed by atoms with E-state index < -0.39 is 0 Å². The molecule has 0 aromatic carbocycles. The number of amides is 1. The lowest BCUT2D eigenvalue weighted by Gasteiger charge is -2.14. The van der Waals surface area contributed by atoms with Crippen molar-refractivity contribution in [2.75, 3.05) is 17.6 Å². The van der Waals surface area contributed by atoms with Crippen LogP contribution < -0.4 is 16.4 Å². The predicted octanol–water partition coefficient (Wildman–Crippen LogP) is 0.990. The van der Waals surface area contributed by atoms with Gasteiger partial charge in [0.15, 0.2) is 0 Å². The lowest BCUT2D eigenvalue weighted by atomic mass is 10.3. The Bertz CT molecular complexity index is 336. The van der Waals surface area contributed by atoms with Crippen LogP contribution >= 0.6 is 0 Å². The van der Waals surface area contributed by atoms with Gasteiger partial charge in [0.1, 0.15) is 11.9 Å².